The van der Waals surface area contributed by atoms with Gasteiger partial charge in [-0.1, -0.05) is 0 Å². The first-order valence-electron chi connectivity index (χ1n) is 2.87. The molecule has 0 saturated heterocycles. The molecule has 4 nitrogen and oxygen atoms in total. The molecule has 7 heteroatoms. The Labute approximate surface area is 90.2 Å². The Morgan fingerprint density at radius 2 is 2.08 bits per heavy atom. The predicted molar refractivity (Wildman–Crippen MR) is 40.7 cm³/mol. The molecule has 0 N–H and O–H groups in total. The van der Waals surface area contributed by atoms with Crippen LogP contribution < -0.4 is 0 Å². The van der Waals surface area contributed by atoms with Crippen molar-refractivity contribution in [2.45, 2.75) is 0 Å². The maximum atomic E-state index is 5.74. The van der Waals surface area contributed by atoms with Crippen molar-refractivity contribution in [1.82, 2.24) is 17.9 Å². The molecule has 0 aromatic carbocycles. The van der Waals surface area contributed by atoms with Gasteiger partial charge in [0.15, 0.2) is 0 Å². The molecule has 0 spiro atoms. The zero-order chi connectivity index (χ0) is 8.72. The molecule has 0 radical (unpaired) electrons. The van der Waals surface area contributed by atoms with E-state index in [0.717, 1.165) is 0 Å². The van der Waals surface area contributed by atoms with E-state index in [2.05, 4.69) is 36.3 Å². The molecular formula is C5HAgCl2N4. The third kappa shape index (κ3) is 1.26. The van der Waals surface area contributed by atoms with Gasteiger partial charge in [0, 0.05) is 0 Å². The van der Waals surface area contributed by atoms with Gasteiger partial charge in [0.1, 0.15) is 0 Å². The van der Waals surface area contributed by atoms with Gasteiger partial charge in [-0.2, -0.15) is 0 Å². The van der Waals surface area contributed by atoms with Gasteiger partial charge in [0.25, 0.3) is 0 Å². The molecule has 0 aliphatic heterocycles. The SMILES string of the molecule is Clc1nc(Cl)c2nc[n]([Ag])c2n1. The van der Waals surface area contributed by atoms with Crippen molar-refractivity contribution in [1.29, 1.82) is 0 Å². The Morgan fingerprint density at radius 3 is 2.83 bits per heavy atom. The van der Waals surface area contributed by atoms with Crippen molar-refractivity contribution in [3.63, 3.8) is 0 Å². The molecule has 2 aromatic heterocycles. The Bertz CT molecular complexity index is 440. The zero-order valence-electron chi connectivity index (χ0n) is 5.42. The van der Waals surface area contributed by atoms with Crippen molar-refractivity contribution in [2.75, 3.05) is 0 Å². The summed E-state index contributed by atoms with van der Waals surface area (Å²) in [5, 5.41) is 0.357. The van der Waals surface area contributed by atoms with Gasteiger partial charge in [-0.25, -0.2) is 0 Å². The molecule has 12 heavy (non-hydrogen) atoms. The molecule has 2 heterocycles. The Balaban J connectivity index is 2.92. The summed E-state index contributed by atoms with van der Waals surface area (Å²) in [6, 6.07) is 0. The van der Waals surface area contributed by atoms with Gasteiger partial charge >= 0.3 is 90.4 Å². The summed E-state index contributed by atoms with van der Waals surface area (Å²) >= 11 is 14.5. The Morgan fingerprint density at radius 1 is 1.33 bits per heavy atom. The molecule has 0 fully saturated rings. The fraction of sp³-hybridized carbons (Fsp3) is 0. The van der Waals surface area contributed by atoms with Gasteiger partial charge in [0.2, 0.25) is 0 Å². The molecule has 0 amide bonds. The molecule has 0 atom stereocenters. The first-order valence-corrected chi connectivity index (χ1v) is 4.29. The summed E-state index contributed by atoms with van der Waals surface area (Å²) in [6.07, 6.45) is 1.53. The van der Waals surface area contributed by atoms with Crippen LogP contribution >= 0.6 is 23.2 Å². The molecule has 66 valence electrons. The number of nitrogens with zero attached hydrogens (tertiary/aromatic N) is 4. The standard InChI is InChI=1S/C5HCl2N4.Ag/c6-3-2-4(9-1-8-2)11-5(7)10-3;/h1H;/q-1;+1. The van der Waals surface area contributed by atoms with Crippen molar-refractivity contribution in [3.8, 4) is 0 Å². The number of halogens is 2. The molecule has 2 aromatic rings. The molecule has 0 bridgehead atoms. The summed E-state index contributed by atoms with van der Waals surface area (Å²) in [5.74, 6) is 0. The first-order chi connectivity index (χ1) is 5.68. The number of fused-ring (bicyclic) bond motifs is 1. The fourth-order valence-electron chi connectivity index (χ4n) is 0.798. The molecule has 0 unspecified atom stereocenters. The van der Waals surface area contributed by atoms with Crippen LogP contribution in [0, 0.1) is 0 Å². The predicted octanol–water partition coefficient (Wildman–Crippen LogP) is 1.44. The molecule has 0 aliphatic rings. The minimum atomic E-state index is 0.105. The average Bonchev–Trinajstić information content (AvgIpc) is 2.33. The average molecular weight is 296 g/mol. The monoisotopic (exact) mass is 294 g/mol. The van der Waals surface area contributed by atoms with E-state index in [4.69, 9.17) is 23.2 Å². The number of aromatic nitrogens is 4. The first kappa shape index (κ1) is 8.47. The summed E-state index contributed by atoms with van der Waals surface area (Å²) in [5.41, 5.74) is 1.08. The van der Waals surface area contributed by atoms with E-state index in [-0.39, 0.29) is 10.4 Å². The molecular weight excluding hydrogens is 295 g/mol. The van der Waals surface area contributed by atoms with E-state index in [0.29, 0.717) is 11.2 Å². The second kappa shape index (κ2) is 2.97. The topological polar surface area (TPSA) is 43.6 Å². The number of rotatable bonds is 0. The number of hydrogen-bond donors (Lipinski definition) is 0. The zero-order valence-corrected chi connectivity index (χ0v) is 8.42. The van der Waals surface area contributed by atoms with Gasteiger partial charge in [0.05, 0.1) is 0 Å². The minimum absolute atomic E-state index is 0.105. The Hall–Kier alpha value is -0.130. The number of imidazole rings is 1. The summed E-state index contributed by atoms with van der Waals surface area (Å²) in [6.45, 7) is 0. The third-order valence-corrected chi connectivity index (χ3v) is 2.18. The van der Waals surface area contributed by atoms with Crippen LogP contribution in [-0.2, 0) is 21.3 Å². The van der Waals surface area contributed by atoms with Crippen LogP contribution in [0.2, 0.25) is 10.4 Å². The van der Waals surface area contributed by atoms with Gasteiger partial charge in [-0.15, -0.1) is 0 Å². The Kier molecular flexibility index (Phi) is 2.10. The van der Waals surface area contributed by atoms with Crippen LogP contribution in [0.5, 0.6) is 0 Å². The molecule has 2 rings (SSSR count). The molecule has 0 aliphatic carbocycles. The second-order valence-electron chi connectivity index (χ2n) is 1.97. The quantitative estimate of drug-likeness (QED) is 0.420. The second-order valence-corrected chi connectivity index (χ2v) is 3.38. The normalized spacial score (nSPS) is 11.0. The van der Waals surface area contributed by atoms with Crippen LogP contribution in [0.15, 0.2) is 6.33 Å². The van der Waals surface area contributed by atoms with Crippen LogP contribution in [-0.4, -0.2) is 17.9 Å². The summed E-state index contributed by atoms with van der Waals surface area (Å²) in [4.78, 5) is 11.6. The maximum absolute atomic E-state index is 5.74. The van der Waals surface area contributed by atoms with E-state index in [9.17, 15) is 0 Å². The van der Waals surface area contributed by atoms with E-state index >= 15 is 0 Å². The van der Waals surface area contributed by atoms with Gasteiger partial charge in [-0.3, -0.25) is 0 Å². The fourth-order valence-corrected chi connectivity index (χ4v) is 1.54. The van der Waals surface area contributed by atoms with Crippen molar-refractivity contribution in [3.05, 3.63) is 16.8 Å². The summed E-state index contributed by atoms with van der Waals surface area (Å²) < 4.78 is 1.54. The van der Waals surface area contributed by atoms with Crippen LogP contribution in [0.1, 0.15) is 0 Å². The van der Waals surface area contributed by atoms with Crippen LogP contribution in [0.25, 0.3) is 11.2 Å². The van der Waals surface area contributed by atoms with Gasteiger partial charge < -0.3 is 0 Å². The van der Waals surface area contributed by atoms with E-state index < -0.39 is 0 Å². The van der Waals surface area contributed by atoms with Crippen molar-refractivity contribution >= 4 is 34.4 Å². The van der Waals surface area contributed by atoms with Gasteiger partial charge in [-0.05, 0) is 0 Å². The van der Waals surface area contributed by atoms with Crippen LogP contribution in [0.4, 0.5) is 0 Å². The third-order valence-electron chi connectivity index (χ3n) is 1.26. The number of hydrogen-bond acceptors (Lipinski definition) is 3. The van der Waals surface area contributed by atoms with Crippen molar-refractivity contribution < 1.29 is 21.3 Å². The van der Waals surface area contributed by atoms with E-state index in [1.807, 2.05) is 0 Å². The van der Waals surface area contributed by atoms with E-state index in [1.165, 1.54) is 6.33 Å². The van der Waals surface area contributed by atoms with Crippen LogP contribution in [0.3, 0.4) is 0 Å². The summed E-state index contributed by atoms with van der Waals surface area (Å²) in [7, 11) is 0. The van der Waals surface area contributed by atoms with E-state index in [1.54, 1.807) is 2.97 Å². The molecule has 0 saturated carbocycles. The van der Waals surface area contributed by atoms with Crippen molar-refractivity contribution in [2.24, 2.45) is 0 Å².